The number of hydrogen-bond acceptors (Lipinski definition) is 3. The summed E-state index contributed by atoms with van der Waals surface area (Å²) in [5.41, 5.74) is 0.485. The smallest absolute Gasteiger partial charge is 0.274 e. The van der Waals surface area contributed by atoms with E-state index in [0.717, 1.165) is 19.4 Å². The minimum Gasteiger partial charge on any atom is -0.299 e. The molecule has 118 valence electrons. The third kappa shape index (κ3) is 5.19. The predicted octanol–water partition coefficient (Wildman–Crippen LogP) is 1.48. The second-order valence-corrected chi connectivity index (χ2v) is 7.12. The summed E-state index contributed by atoms with van der Waals surface area (Å²) in [6, 6.07) is 4.64. The van der Waals surface area contributed by atoms with Gasteiger partial charge >= 0.3 is 0 Å². The Labute approximate surface area is 129 Å². The Morgan fingerprint density at radius 3 is 2.90 bits per heavy atom. The monoisotopic (exact) mass is 335 g/mol. The van der Waals surface area contributed by atoms with Crippen LogP contribution in [-0.4, -0.2) is 33.0 Å². The van der Waals surface area contributed by atoms with Crippen molar-refractivity contribution >= 4 is 21.8 Å². The van der Waals surface area contributed by atoms with Crippen molar-refractivity contribution in [2.24, 2.45) is 11.1 Å². The van der Waals surface area contributed by atoms with Gasteiger partial charge in [-0.3, -0.25) is 4.90 Å². The molecular formula is C13H19ClFN3O2S. The van der Waals surface area contributed by atoms with Crippen LogP contribution in [0.1, 0.15) is 18.4 Å². The van der Waals surface area contributed by atoms with Crippen LogP contribution in [-0.2, 0) is 16.8 Å². The highest BCUT2D eigenvalue weighted by Gasteiger charge is 2.22. The van der Waals surface area contributed by atoms with E-state index in [0.29, 0.717) is 30.2 Å². The lowest BCUT2D eigenvalue weighted by molar-refractivity contribution is 0.167. The summed E-state index contributed by atoms with van der Waals surface area (Å²) in [7, 11) is -3.66. The van der Waals surface area contributed by atoms with Gasteiger partial charge in [-0.25, -0.2) is 14.3 Å². The Kier molecular flexibility index (Phi) is 5.56. The van der Waals surface area contributed by atoms with Gasteiger partial charge in [-0.2, -0.15) is 8.42 Å². The van der Waals surface area contributed by atoms with E-state index < -0.39 is 10.2 Å². The van der Waals surface area contributed by atoms with Crippen molar-refractivity contribution in [3.8, 4) is 0 Å². The molecule has 5 nitrogen and oxygen atoms in total. The Morgan fingerprint density at radius 2 is 2.24 bits per heavy atom. The van der Waals surface area contributed by atoms with Crippen LogP contribution in [0.3, 0.4) is 0 Å². The van der Waals surface area contributed by atoms with Crippen LogP contribution in [0.25, 0.3) is 0 Å². The number of likely N-dealkylation sites (tertiary alicyclic amines) is 1. The van der Waals surface area contributed by atoms with Crippen molar-refractivity contribution < 1.29 is 12.8 Å². The molecule has 1 saturated heterocycles. The Hall–Kier alpha value is -0.730. The number of halogens is 2. The van der Waals surface area contributed by atoms with E-state index in [2.05, 4.69) is 9.62 Å². The number of benzene rings is 1. The number of piperidine rings is 1. The fourth-order valence-electron chi connectivity index (χ4n) is 2.60. The third-order valence-corrected chi connectivity index (χ3v) is 4.54. The van der Waals surface area contributed by atoms with Crippen molar-refractivity contribution in [3.63, 3.8) is 0 Å². The van der Waals surface area contributed by atoms with Gasteiger partial charge in [0, 0.05) is 30.2 Å². The molecule has 1 aromatic carbocycles. The molecule has 1 heterocycles. The third-order valence-electron chi connectivity index (χ3n) is 3.62. The molecule has 2 rings (SSSR count). The summed E-state index contributed by atoms with van der Waals surface area (Å²) in [6.07, 6.45) is 1.85. The lowest BCUT2D eigenvalue weighted by Gasteiger charge is -2.32. The first-order chi connectivity index (χ1) is 9.85. The van der Waals surface area contributed by atoms with Crippen LogP contribution < -0.4 is 9.86 Å². The molecule has 0 bridgehead atoms. The van der Waals surface area contributed by atoms with Gasteiger partial charge < -0.3 is 0 Å². The predicted molar refractivity (Wildman–Crippen MR) is 80.5 cm³/mol. The highest BCUT2D eigenvalue weighted by Crippen LogP contribution is 2.24. The lowest BCUT2D eigenvalue weighted by Crippen LogP contribution is -2.42. The molecule has 0 aliphatic carbocycles. The van der Waals surface area contributed by atoms with Gasteiger partial charge in [-0.1, -0.05) is 17.7 Å². The van der Waals surface area contributed by atoms with Crippen LogP contribution >= 0.6 is 11.6 Å². The van der Waals surface area contributed by atoms with Crippen molar-refractivity contribution in [3.05, 3.63) is 34.6 Å². The maximum atomic E-state index is 13.8. The van der Waals surface area contributed by atoms with Crippen LogP contribution in [0, 0.1) is 11.7 Å². The highest BCUT2D eigenvalue weighted by atomic mass is 35.5. The average molecular weight is 336 g/mol. The topological polar surface area (TPSA) is 75.4 Å². The van der Waals surface area contributed by atoms with Crippen LogP contribution in [0.5, 0.6) is 0 Å². The molecule has 1 aromatic rings. The normalized spacial score (nSPS) is 20.6. The summed E-state index contributed by atoms with van der Waals surface area (Å²) in [5, 5.41) is 5.35. The molecule has 0 spiro atoms. The van der Waals surface area contributed by atoms with E-state index in [1.165, 1.54) is 6.07 Å². The molecule has 1 aliphatic rings. The molecule has 0 amide bonds. The molecule has 1 aliphatic heterocycles. The van der Waals surface area contributed by atoms with Crippen LogP contribution in [0.2, 0.25) is 5.02 Å². The summed E-state index contributed by atoms with van der Waals surface area (Å²) >= 11 is 6.03. The van der Waals surface area contributed by atoms with E-state index >= 15 is 0 Å². The molecular weight excluding hydrogens is 317 g/mol. The van der Waals surface area contributed by atoms with Gasteiger partial charge in [-0.15, -0.1) is 0 Å². The van der Waals surface area contributed by atoms with Crippen molar-refractivity contribution in [2.75, 3.05) is 19.6 Å². The SMILES string of the molecule is NS(=O)(=O)NCC1CCCN(Cc2c(F)cccc2Cl)C1. The van der Waals surface area contributed by atoms with Crippen molar-refractivity contribution in [1.29, 1.82) is 0 Å². The minimum atomic E-state index is -3.66. The zero-order valence-corrected chi connectivity index (χ0v) is 13.1. The summed E-state index contributed by atoms with van der Waals surface area (Å²) in [4.78, 5) is 2.09. The largest absolute Gasteiger partial charge is 0.299 e. The van der Waals surface area contributed by atoms with Gasteiger partial charge in [0.15, 0.2) is 0 Å². The van der Waals surface area contributed by atoms with E-state index in [-0.39, 0.29) is 11.7 Å². The van der Waals surface area contributed by atoms with Gasteiger partial charge in [0.1, 0.15) is 5.82 Å². The van der Waals surface area contributed by atoms with Gasteiger partial charge in [0.05, 0.1) is 0 Å². The fourth-order valence-corrected chi connectivity index (χ4v) is 3.29. The molecule has 3 N–H and O–H groups in total. The average Bonchev–Trinajstić information content (AvgIpc) is 2.41. The number of hydrogen-bond donors (Lipinski definition) is 2. The molecule has 21 heavy (non-hydrogen) atoms. The lowest BCUT2D eigenvalue weighted by atomic mass is 9.98. The molecule has 8 heteroatoms. The first-order valence-electron chi connectivity index (χ1n) is 6.78. The van der Waals surface area contributed by atoms with Gasteiger partial charge in [0.25, 0.3) is 10.2 Å². The van der Waals surface area contributed by atoms with Crippen molar-refractivity contribution in [1.82, 2.24) is 9.62 Å². The zero-order valence-electron chi connectivity index (χ0n) is 11.6. The first kappa shape index (κ1) is 16.6. The minimum absolute atomic E-state index is 0.169. The first-order valence-corrected chi connectivity index (χ1v) is 8.70. The number of rotatable bonds is 5. The number of nitrogens with one attached hydrogen (secondary N) is 1. The molecule has 1 atom stereocenters. The molecule has 1 fully saturated rings. The molecule has 0 radical (unpaired) electrons. The molecule has 0 saturated carbocycles. The van der Waals surface area contributed by atoms with Crippen LogP contribution in [0.4, 0.5) is 4.39 Å². The van der Waals surface area contributed by atoms with E-state index in [1.54, 1.807) is 12.1 Å². The quantitative estimate of drug-likeness (QED) is 0.856. The van der Waals surface area contributed by atoms with Gasteiger partial charge in [0.2, 0.25) is 0 Å². The van der Waals surface area contributed by atoms with Crippen molar-refractivity contribution in [2.45, 2.75) is 19.4 Å². The second-order valence-electron chi connectivity index (χ2n) is 5.34. The van der Waals surface area contributed by atoms with Gasteiger partial charge in [-0.05, 0) is 37.4 Å². The highest BCUT2D eigenvalue weighted by molar-refractivity contribution is 7.87. The van der Waals surface area contributed by atoms with E-state index in [9.17, 15) is 12.8 Å². The summed E-state index contributed by atoms with van der Waals surface area (Å²) < 4.78 is 38.0. The zero-order chi connectivity index (χ0) is 15.5. The maximum absolute atomic E-state index is 13.8. The maximum Gasteiger partial charge on any atom is 0.274 e. The Morgan fingerprint density at radius 1 is 1.48 bits per heavy atom. The summed E-state index contributed by atoms with van der Waals surface area (Å²) in [5.74, 6) is -0.144. The van der Waals surface area contributed by atoms with E-state index in [4.69, 9.17) is 16.7 Å². The fraction of sp³-hybridized carbons (Fsp3) is 0.538. The molecule has 1 unspecified atom stereocenters. The van der Waals surface area contributed by atoms with Crippen LogP contribution in [0.15, 0.2) is 18.2 Å². The standard InChI is InChI=1S/C13H19ClFN3O2S/c14-12-4-1-5-13(15)11(12)9-18-6-2-3-10(8-18)7-17-21(16,19)20/h1,4-5,10,17H,2-3,6-9H2,(H2,16,19,20). The number of nitrogens with zero attached hydrogens (tertiary/aromatic N) is 1. The number of nitrogens with two attached hydrogens (primary N) is 1. The molecule has 0 aromatic heterocycles. The summed E-state index contributed by atoms with van der Waals surface area (Å²) in [6.45, 7) is 2.27. The Balaban J connectivity index is 1.95. The Bertz CT molecular complexity index is 577. The second kappa shape index (κ2) is 7.02. The van der Waals surface area contributed by atoms with E-state index in [1.807, 2.05) is 0 Å².